The van der Waals surface area contributed by atoms with Gasteiger partial charge in [0.05, 0.1) is 6.42 Å². The van der Waals surface area contributed by atoms with Gasteiger partial charge < -0.3 is 15.4 Å². The minimum absolute atomic E-state index is 0.0604. The van der Waals surface area contributed by atoms with Crippen molar-refractivity contribution in [2.24, 2.45) is 0 Å². The Hall–Kier alpha value is -2.38. The molecule has 0 spiro atoms. The average molecular weight is 283 g/mol. The zero-order valence-corrected chi connectivity index (χ0v) is 11.3. The van der Waals surface area contributed by atoms with Gasteiger partial charge in [0.1, 0.15) is 0 Å². The van der Waals surface area contributed by atoms with E-state index in [-0.39, 0.29) is 25.0 Å². The van der Waals surface area contributed by atoms with Gasteiger partial charge in [-0.05, 0) is 20.3 Å². The molecule has 1 amide bonds. The summed E-state index contributed by atoms with van der Waals surface area (Å²) in [4.78, 5) is 48.8. The molecule has 0 atom stereocenters. The Morgan fingerprint density at radius 1 is 1.30 bits per heavy atom. The van der Waals surface area contributed by atoms with Crippen LogP contribution in [0.1, 0.15) is 32.4 Å². The predicted octanol–water partition coefficient (Wildman–Crippen LogP) is -0.635. The molecule has 0 aromatic carbocycles. The SMILES string of the molecule is CC(C)(CCC(=O)O)NC(=O)Cc1cc(=O)[nH]c(=O)[nH]1. The molecule has 1 aromatic heterocycles. The van der Waals surface area contributed by atoms with Crippen LogP contribution in [0, 0.1) is 0 Å². The highest BCUT2D eigenvalue weighted by Crippen LogP contribution is 2.11. The monoisotopic (exact) mass is 283 g/mol. The minimum atomic E-state index is -0.939. The zero-order chi connectivity index (χ0) is 15.3. The molecule has 0 radical (unpaired) electrons. The molecule has 4 N–H and O–H groups in total. The van der Waals surface area contributed by atoms with Gasteiger partial charge >= 0.3 is 11.7 Å². The van der Waals surface area contributed by atoms with E-state index >= 15 is 0 Å². The van der Waals surface area contributed by atoms with Crippen molar-refractivity contribution in [3.63, 3.8) is 0 Å². The van der Waals surface area contributed by atoms with Crippen LogP contribution in [0.2, 0.25) is 0 Å². The second-order valence-corrected chi connectivity index (χ2v) is 5.12. The van der Waals surface area contributed by atoms with Crippen molar-refractivity contribution in [3.8, 4) is 0 Å². The van der Waals surface area contributed by atoms with E-state index in [1.807, 2.05) is 4.98 Å². The minimum Gasteiger partial charge on any atom is -0.481 e. The number of carbonyl (C=O) groups excluding carboxylic acids is 1. The molecule has 110 valence electrons. The quantitative estimate of drug-likeness (QED) is 0.551. The number of carbonyl (C=O) groups is 2. The Kier molecular flexibility index (Phi) is 4.84. The number of hydrogen-bond donors (Lipinski definition) is 4. The van der Waals surface area contributed by atoms with Gasteiger partial charge in [-0.2, -0.15) is 0 Å². The van der Waals surface area contributed by atoms with Crippen LogP contribution in [0.5, 0.6) is 0 Å². The third-order valence-electron chi connectivity index (χ3n) is 2.61. The summed E-state index contributed by atoms with van der Waals surface area (Å²) < 4.78 is 0. The van der Waals surface area contributed by atoms with Crippen molar-refractivity contribution in [2.75, 3.05) is 0 Å². The van der Waals surface area contributed by atoms with Gasteiger partial charge in [-0.25, -0.2) is 4.79 Å². The summed E-state index contributed by atoms with van der Waals surface area (Å²) in [6, 6.07) is 1.13. The first kappa shape index (κ1) is 15.7. The summed E-state index contributed by atoms with van der Waals surface area (Å²) in [5, 5.41) is 11.3. The number of carboxylic acid groups (broad SMARTS) is 1. The van der Waals surface area contributed by atoms with Crippen LogP contribution in [0.3, 0.4) is 0 Å². The first-order chi connectivity index (χ1) is 9.18. The highest BCUT2D eigenvalue weighted by molar-refractivity contribution is 5.78. The fraction of sp³-hybridized carbons (Fsp3) is 0.500. The van der Waals surface area contributed by atoms with E-state index in [1.165, 1.54) is 0 Å². The molecule has 8 nitrogen and oxygen atoms in total. The molecule has 0 bridgehead atoms. The van der Waals surface area contributed by atoms with E-state index in [0.717, 1.165) is 6.07 Å². The second kappa shape index (κ2) is 6.18. The van der Waals surface area contributed by atoms with E-state index in [9.17, 15) is 19.2 Å². The maximum Gasteiger partial charge on any atom is 0.325 e. The van der Waals surface area contributed by atoms with Crippen LogP contribution < -0.4 is 16.6 Å². The van der Waals surface area contributed by atoms with Crippen molar-refractivity contribution in [1.29, 1.82) is 0 Å². The van der Waals surface area contributed by atoms with E-state index in [4.69, 9.17) is 5.11 Å². The number of hydrogen-bond acceptors (Lipinski definition) is 4. The second-order valence-electron chi connectivity index (χ2n) is 5.12. The van der Waals surface area contributed by atoms with E-state index < -0.39 is 28.7 Å². The van der Waals surface area contributed by atoms with Crippen LogP contribution in [-0.4, -0.2) is 32.5 Å². The van der Waals surface area contributed by atoms with Gasteiger partial charge in [-0.3, -0.25) is 19.4 Å². The molecule has 0 aliphatic carbocycles. The van der Waals surface area contributed by atoms with E-state index in [0.29, 0.717) is 0 Å². The summed E-state index contributed by atoms with van der Waals surface area (Å²) in [5.74, 6) is -1.34. The Labute approximate surface area is 114 Å². The third-order valence-corrected chi connectivity index (χ3v) is 2.61. The number of nitrogens with one attached hydrogen (secondary N) is 3. The Bertz CT molecular complexity index is 586. The molecule has 0 aliphatic heterocycles. The molecule has 0 fully saturated rings. The molecular weight excluding hydrogens is 266 g/mol. The van der Waals surface area contributed by atoms with Gasteiger partial charge in [-0.15, -0.1) is 0 Å². The molecule has 20 heavy (non-hydrogen) atoms. The van der Waals surface area contributed by atoms with Gasteiger partial charge in [0.15, 0.2) is 0 Å². The molecule has 0 aliphatic rings. The van der Waals surface area contributed by atoms with Gasteiger partial charge in [0.25, 0.3) is 5.56 Å². The number of carboxylic acids is 1. The summed E-state index contributed by atoms with van der Waals surface area (Å²) in [7, 11) is 0. The normalized spacial score (nSPS) is 11.1. The van der Waals surface area contributed by atoms with Gasteiger partial charge in [0.2, 0.25) is 5.91 Å². The van der Waals surface area contributed by atoms with Crippen LogP contribution in [0.15, 0.2) is 15.7 Å². The third kappa shape index (κ3) is 5.51. The van der Waals surface area contributed by atoms with Crippen LogP contribution in [0.25, 0.3) is 0 Å². The maximum absolute atomic E-state index is 11.8. The number of aromatic nitrogens is 2. The lowest BCUT2D eigenvalue weighted by Gasteiger charge is -2.25. The van der Waals surface area contributed by atoms with Crippen molar-refractivity contribution in [3.05, 3.63) is 32.6 Å². The number of aromatic amines is 2. The van der Waals surface area contributed by atoms with Crippen molar-refractivity contribution >= 4 is 11.9 Å². The predicted molar refractivity (Wildman–Crippen MR) is 70.5 cm³/mol. The largest absolute Gasteiger partial charge is 0.481 e. The number of rotatable bonds is 6. The Morgan fingerprint density at radius 2 is 1.95 bits per heavy atom. The molecule has 1 aromatic rings. The molecule has 1 heterocycles. The van der Waals surface area contributed by atoms with E-state index in [1.54, 1.807) is 13.8 Å². The summed E-state index contributed by atoms with van der Waals surface area (Å²) in [6.07, 6.45) is 0.0603. The Morgan fingerprint density at radius 3 is 2.50 bits per heavy atom. The fourth-order valence-electron chi connectivity index (χ4n) is 1.69. The molecule has 0 saturated heterocycles. The first-order valence-electron chi connectivity index (χ1n) is 6.03. The smallest absolute Gasteiger partial charge is 0.325 e. The highest BCUT2D eigenvalue weighted by Gasteiger charge is 2.21. The summed E-state index contributed by atoms with van der Waals surface area (Å²) in [5.41, 5.74) is -1.74. The summed E-state index contributed by atoms with van der Waals surface area (Å²) >= 11 is 0. The molecule has 1 rings (SSSR count). The van der Waals surface area contributed by atoms with Crippen LogP contribution >= 0.6 is 0 Å². The number of H-pyrrole nitrogens is 2. The zero-order valence-electron chi connectivity index (χ0n) is 11.3. The molecular formula is C12H17N3O5. The lowest BCUT2D eigenvalue weighted by atomic mass is 9.98. The number of amides is 1. The first-order valence-corrected chi connectivity index (χ1v) is 6.03. The topological polar surface area (TPSA) is 132 Å². The lowest BCUT2D eigenvalue weighted by Crippen LogP contribution is -2.44. The molecule has 0 unspecified atom stereocenters. The highest BCUT2D eigenvalue weighted by atomic mass is 16.4. The van der Waals surface area contributed by atoms with E-state index in [2.05, 4.69) is 10.3 Å². The average Bonchev–Trinajstić information content (AvgIpc) is 2.23. The number of aliphatic carboxylic acids is 1. The van der Waals surface area contributed by atoms with Crippen molar-refractivity contribution in [1.82, 2.24) is 15.3 Å². The van der Waals surface area contributed by atoms with Gasteiger partial charge in [-0.1, -0.05) is 0 Å². The Balaban J connectivity index is 2.65. The van der Waals surface area contributed by atoms with Gasteiger partial charge in [0, 0.05) is 23.7 Å². The molecule has 8 heteroatoms. The maximum atomic E-state index is 11.8. The van der Waals surface area contributed by atoms with Crippen LogP contribution in [-0.2, 0) is 16.0 Å². The van der Waals surface area contributed by atoms with Crippen molar-refractivity contribution in [2.45, 2.75) is 38.6 Å². The molecule has 0 saturated carbocycles. The van der Waals surface area contributed by atoms with Crippen LogP contribution in [0.4, 0.5) is 0 Å². The summed E-state index contributed by atoms with van der Waals surface area (Å²) in [6.45, 7) is 3.41. The standard InChI is InChI=1S/C12H17N3O5/c1-12(2,4-3-10(18)19)15-9(17)6-7-5-8(16)14-11(20)13-7/h5H,3-4,6H2,1-2H3,(H,15,17)(H,18,19)(H2,13,14,16,20). The fourth-order valence-corrected chi connectivity index (χ4v) is 1.69. The lowest BCUT2D eigenvalue weighted by molar-refractivity contribution is -0.137. The van der Waals surface area contributed by atoms with Crippen molar-refractivity contribution < 1.29 is 14.7 Å².